The van der Waals surface area contributed by atoms with Crippen molar-refractivity contribution in [1.82, 2.24) is 19.3 Å². The minimum atomic E-state index is -0.135. The lowest BCUT2D eigenvalue weighted by Crippen LogP contribution is -2.15. The maximum Gasteiger partial charge on any atom is 0.250 e. The van der Waals surface area contributed by atoms with Crippen LogP contribution in [0.4, 0.5) is 0 Å². The van der Waals surface area contributed by atoms with Gasteiger partial charge in [-0.05, 0) is 30.7 Å². The van der Waals surface area contributed by atoms with Gasteiger partial charge >= 0.3 is 0 Å². The van der Waals surface area contributed by atoms with Gasteiger partial charge in [0.1, 0.15) is 11.8 Å². The Morgan fingerprint density at radius 1 is 1.06 bits per heavy atom. The van der Waals surface area contributed by atoms with E-state index in [0.29, 0.717) is 29.5 Å². The van der Waals surface area contributed by atoms with E-state index in [-0.39, 0.29) is 5.56 Å². The quantitative estimate of drug-likeness (QED) is 0.467. The molecule has 4 rings (SSSR count). The number of hydrogen-bond acceptors (Lipinski definition) is 6. The first kappa shape index (κ1) is 20.9. The summed E-state index contributed by atoms with van der Waals surface area (Å²) in [6.45, 7) is 2.42. The fourth-order valence-corrected chi connectivity index (χ4v) is 3.39. The molecule has 0 amide bonds. The van der Waals surface area contributed by atoms with Gasteiger partial charge in [-0.25, -0.2) is 9.67 Å². The van der Waals surface area contributed by atoms with Crippen molar-refractivity contribution < 1.29 is 9.47 Å². The predicted octanol–water partition coefficient (Wildman–Crippen LogP) is 3.58. The van der Waals surface area contributed by atoms with E-state index in [1.807, 2.05) is 19.2 Å². The Morgan fingerprint density at radius 2 is 1.91 bits per heavy atom. The molecule has 0 saturated heterocycles. The summed E-state index contributed by atoms with van der Waals surface area (Å²) in [6, 6.07) is 12.6. The highest BCUT2D eigenvalue weighted by atomic mass is 16.5. The summed E-state index contributed by atoms with van der Waals surface area (Å²) >= 11 is 0. The zero-order valence-electron chi connectivity index (χ0n) is 17.9. The number of nitriles is 1. The lowest BCUT2D eigenvalue weighted by Gasteiger charge is -2.11. The number of rotatable bonds is 6. The first-order valence-corrected chi connectivity index (χ1v) is 9.97. The molecular weight excluding hydrogens is 406 g/mol. The van der Waals surface area contributed by atoms with Gasteiger partial charge in [-0.15, -0.1) is 0 Å². The molecule has 0 unspecified atom stereocenters. The molecule has 8 nitrogen and oxygen atoms in total. The summed E-state index contributed by atoms with van der Waals surface area (Å²) < 4.78 is 13.9. The highest BCUT2D eigenvalue weighted by molar-refractivity contribution is 5.82. The monoisotopic (exact) mass is 427 g/mol. The summed E-state index contributed by atoms with van der Waals surface area (Å²) in [5.74, 6) is 1.15. The largest absolute Gasteiger partial charge is 0.497 e. The summed E-state index contributed by atoms with van der Waals surface area (Å²) in [6.07, 6.45) is 6.97. The van der Waals surface area contributed by atoms with Gasteiger partial charge in [-0.3, -0.25) is 4.79 Å². The van der Waals surface area contributed by atoms with Gasteiger partial charge in [0.05, 0.1) is 31.2 Å². The SMILES string of the molecule is CCOc1ccc(-c2cc(=O)n(C)cc2-c2cnn(-c3cc(OC)ccc3C#N)c2)cn1. The lowest BCUT2D eigenvalue weighted by molar-refractivity contribution is 0.327. The van der Waals surface area contributed by atoms with Gasteiger partial charge in [0.2, 0.25) is 5.88 Å². The van der Waals surface area contributed by atoms with Crippen molar-refractivity contribution in [2.45, 2.75) is 6.92 Å². The van der Waals surface area contributed by atoms with E-state index in [1.54, 1.807) is 67.8 Å². The van der Waals surface area contributed by atoms with Crippen LogP contribution < -0.4 is 15.0 Å². The molecule has 0 aliphatic rings. The number of aromatic nitrogens is 4. The Hall–Kier alpha value is -4.38. The zero-order chi connectivity index (χ0) is 22.7. The molecule has 0 atom stereocenters. The third kappa shape index (κ3) is 3.96. The molecule has 0 aliphatic carbocycles. The van der Waals surface area contributed by atoms with E-state index in [9.17, 15) is 10.1 Å². The van der Waals surface area contributed by atoms with E-state index < -0.39 is 0 Å². The molecule has 1 aromatic carbocycles. The highest BCUT2D eigenvalue weighted by Gasteiger charge is 2.15. The molecule has 32 heavy (non-hydrogen) atoms. The van der Waals surface area contributed by atoms with Crippen LogP contribution in [0.1, 0.15) is 12.5 Å². The Labute approximate surface area is 184 Å². The molecule has 3 heterocycles. The smallest absolute Gasteiger partial charge is 0.250 e. The molecule has 0 aliphatic heterocycles. The molecule has 0 bridgehead atoms. The number of methoxy groups -OCH3 is 1. The number of hydrogen-bond donors (Lipinski definition) is 0. The van der Waals surface area contributed by atoms with Crippen molar-refractivity contribution in [1.29, 1.82) is 5.26 Å². The van der Waals surface area contributed by atoms with Gasteiger partial charge in [0.15, 0.2) is 0 Å². The second-order valence-corrected chi connectivity index (χ2v) is 7.04. The average molecular weight is 427 g/mol. The topological polar surface area (TPSA) is 95.0 Å². The summed E-state index contributed by atoms with van der Waals surface area (Å²) in [5.41, 5.74) is 4.05. The van der Waals surface area contributed by atoms with Crippen molar-refractivity contribution in [3.05, 3.63) is 77.1 Å². The van der Waals surface area contributed by atoms with Gasteiger partial charge < -0.3 is 14.0 Å². The molecule has 160 valence electrons. The van der Waals surface area contributed by atoms with Crippen LogP contribution in [-0.4, -0.2) is 33.0 Å². The zero-order valence-corrected chi connectivity index (χ0v) is 17.9. The Bertz CT molecular complexity index is 1360. The number of nitrogens with zero attached hydrogens (tertiary/aromatic N) is 5. The number of ether oxygens (including phenoxy) is 2. The molecule has 0 radical (unpaired) electrons. The fourth-order valence-electron chi connectivity index (χ4n) is 3.39. The van der Waals surface area contributed by atoms with Crippen LogP contribution in [0.5, 0.6) is 11.6 Å². The summed E-state index contributed by atoms with van der Waals surface area (Å²) in [5, 5.41) is 14.0. The van der Waals surface area contributed by atoms with Crippen LogP contribution in [0.2, 0.25) is 0 Å². The highest BCUT2D eigenvalue weighted by Crippen LogP contribution is 2.32. The number of pyridine rings is 2. The normalized spacial score (nSPS) is 10.6. The first-order chi connectivity index (χ1) is 15.5. The van der Waals surface area contributed by atoms with Crippen LogP contribution >= 0.6 is 0 Å². The second kappa shape index (κ2) is 8.78. The summed E-state index contributed by atoms with van der Waals surface area (Å²) in [4.78, 5) is 16.7. The molecule has 0 saturated carbocycles. The van der Waals surface area contributed by atoms with Gasteiger partial charge in [0, 0.05) is 60.5 Å². The van der Waals surface area contributed by atoms with E-state index in [4.69, 9.17) is 9.47 Å². The molecule has 8 heteroatoms. The first-order valence-electron chi connectivity index (χ1n) is 9.97. The molecule has 4 aromatic rings. The molecule has 0 spiro atoms. The van der Waals surface area contributed by atoms with E-state index in [1.165, 1.54) is 4.57 Å². The average Bonchev–Trinajstić information content (AvgIpc) is 3.31. The van der Waals surface area contributed by atoms with Crippen LogP contribution in [-0.2, 0) is 7.05 Å². The molecular formula is C24H21N5O3. The third-order valence-electron chi connectivity index (χ3n) is 5.03. The van der Waals surface area contributed by atoms with Crippen molar-refractivity contribution in [3.8, 4) is 45.6 Å². The third-order valence-corrected chi connectivity index (χ3v) is 5.03. The van der Waals surface area contributed by atoms with Crippen LogP contribution in [0.25, 0.3) is 27.9 Å². The minimum absolute atomic E-state index is 0.135. The van der Waals surface area contributed by atoms with E-state index >= 15 is 0 Å². The minimum Gasteiger partial charge on any atom is -0.497 e. The van der Waals surface area contributed by atoms with Crippen molar-refractivity contribution in [2.75, 3.05) is 13.7 Å². The summed E-state index contributed by atoms with van der Waals surface area (Å²) in [7, 11) is 3.27. The Morgan fingerprint density at radius 3 is 2.59 bits per heavy atom. The van der Waals surface area contributed by atoms with Gasteiger partial charge in [-0.2, -0.15) is 10.4 Å². The van der Waals surface area contributed by atoms with Crippen molar-refractivity contribution >= 4 is 0 Å². The lowest BCUT2D eigenvalue weighted by atomic mass is 9.99. The standard InChI is InChI=1S/C24H21N5O3/c1-4-32-23-8-6-17(12-26-23)20-10-24(30)28(2)15-21(20)18-13-27-29(14-18)22-9-19(31-3)7-5-16(22)11-25/h5-10,12-15H,4H2,1-3H3. The molecule has 0 fully saturated rings. The van der Waals surface area contributed by atoms with Crippen molar-refractivity contribution in [3.63, 3.8) is 0 Å². The number of benzene rings is 1. The van der Waals surface area contributed by atoms with Crippen LogP contribution in [0, 0.1) is 11.3 Å². The second-order valence-electron chi connectivity index (χ2n) is 7.04. The Kier molecular flexibility index (Phi) is 5.73. The van der Waals surface area contributed by atoms with Crippen LogP contribution in [0.15, 0.2) is 66.0 Å². The maximum absolute atomic E-state index is 12.4. The van der Waals surface area contributed by atoms with Crippen molar-refractivity contribution in [2.24, 2.45) is 7.05 Å². The Balaban J connectivity index is 1.82. The van der Waals surface area contributed by atoms with E-state index in [0.717, 1.165) is 22.3 Å². The van der Waals surface area contributed by atoms with E-state index in [2.05, 4.69) is 16.2 Å². The fraction of sp³-hybridized carbons (Fsp3) is 0.167. The molecule has 0 N–H and O–H groups in total. The van der Waals surface area contributed by atoms with Crippen LogP contribution in [0.3, 0.4) is 0 Å². The number of aryl methyl sites for hydroxylation is 1. The molecule has 3 aromatic heterocycles. The predicted molar refractivity (Wildman–Crippen MR) is 120 cm³/mol. The van der Waals surface area contributed by atoms with Gasteiger partial charge in [0.25, 0.3) is 5.56 Å². The maximum atomic E-state index is 12.4. The van der Waals surface area contributed by atoms with Gasteiger partial charge in [-0.1, -0.05) is 0 Å².